The van der Waals surface area contributed by atoms with Crippen molar-refractivity contribution >= 4 is 18.3 Å². The van der Waals surface area contributed by atoms with Gasteiger partial charge in [0.2, 0.25) is 5.91 Å². The monoisotopic (exact) mass is 288 g/mol. The fraction of sp³-hybridized carbons (Fsp3) is 0.933. The van der Waals surface area contributed by atoms with Crippen LogP contribution in [0.25, 0.3) is 0 Å². The summed E-state index contributed by atoms with van der Waals surface area (Å²) in [4.78, 5) is 14.6. The van der Waals surface area contributed by atoms with Gasteiger partial charge in [-0.05, 0) is 51.5 Å². The highest BCUT2D eigenvalue weighted by atomic mass is 35.5. The van der Waals surface area contributed by atoms with E-state index in [1.165, 1.54) is 19.3 Å². The predicted molar refractivity (Wildman–Crippen MR) is 81.6 cm³/mol. The van der Waals surface area contributed by atoms with Crippen LogP contribution in [-0.2, 0) is 4.79 Å². The van der Waals surface area contributed by atoms with Crippen LogP contribution in [0.1, 0.15) is 51.9 Å². The summed E-state index contributed by atoms with van der Waals surface area (Å²) in [6, 6.07) is 0.616. The minimum atomic E-state index is 0. The minimum absolute atomic E-state index is 0. The molecule has 0 spiro atoms. The largest absolute Gasteiger partial charge is 0.342 e. The number of halogens is 1. The van der Waals surface area contributed by atoms with E-state index in [1.807, 2.05) is 7.05 Å². The summed E-state index contributed by atoms with van der Waals surface area (Å²) in [7, 11) is 2.02. The fourth-order valence-corrected chi connectivity index (χ4v) is 3.46. The number of amides is 1. The van der Waals surface area contributed by atoms with E-state index < -0.39 is 0 Å². The van der Waals surface area contributed by atoms with Crippen LogP contribution in [-0.4, -0.2) is 37.0 Å². The third-order valence-corrected chi connectivity index (χ3v) is 4.99. The second-order valence-electron chi connectivity index (χ2n) is 6.01. The van der Waals surface area contributed by atoms with Crippen molar-refractivity contribution in [2.24, 2.45) is 11.8 Å². The smallest absolute Gasteiger partial charge is 0.225 e. The van der Waals surface area contributed by atoms with Crippen LogP contribution in [0.3, 0.4) is 0 Å². The second-order valence-corrected chi connectivity index (χ2v) is 6.01. The van der Waals surface area contributed by atoms with Crippen LogP contribution in [0.5, 0.6) is 0 Å². The molecule has 0 bridgehead atoms. The molecule has 1 N–H and O–H groups in total. The summed E-state index contributed by atoms with van der Waals surface area (Å²) in [5.41, 5.74) is 0. The van der Waals surface area contributed by atoms with Crippen LogP contribution in [0.4, 0.5) is 0 Å². The van der Waals surface area contributed by atoms with Gasteiger partial charge in [0.25, 0.3) is 0 Å². The van der Waals surface area contributed by atoms with Gasteiger partial charge < -0.3 is 10.2 Å². The number of carbonyl (C=O) groups excluding carboxylic acids is 1. The SMILES string of the molecule is CCC1CCC(C(=O)N2CCC(NC)CC2)CC1.Cl. The maximum absolute atomic E-state index is 12.4. The average molecular weight is 289 g/mol. The third kappa shape index (κ3) is 4.35. The predicted octanol–water partition coefficient (Wildman–Crippen LogP) is 2.84. The van der Waals surface area contributed by atoms with Crippen molar-refractivity contribution in [3.8, 4) is 0 Å². The molecule has 0 unspecified atom stereocenters. The Balaban J connectivity index is 0.00000180. The Labute approximate surface area is 123 Å². The van der Waals surface area contributed by atoms with Crippen LogP contribution < -0.4 is 5.32 Å². The van der Waals surface area contributed by atoms with Gasteiger partial charge in [-0.15, -0.1) is 12.4 Å². The van der Waals surface area contributed by atoms with Crippen LogP contribution in [0, 0.1) is 11.8 Å². The van der Waals surface area contributed by atoms with E-state index in [9.17, 15) is 4.79 Å². The van der Waals surface area contributed by atoms with Crippen LogP contribution in [0.15, 0.2) is 0 Å². The molecule has 1 aliphatic heterocycles. The van der Waals surface area contributed by atoms with E-state index >= 15 is 0 Å². The van der Waals surface area contributed by atoms with Crippen molar-refractivity contribution in [1.82, 2.24) is 10.2 Å². The van der Waals surface area contributed by atoms with Gasteiger partial charge in [0.05, 0.1) is 0 Å². The minimum Gasteiger partial charge on any atom is -0.342 e. The van der Waals surface area contributed by atoms with Crippen molar-refractivity contribution in [2.75, 3.05) is 20.1 Å². The van der Waals surface area contributed by atoms with Gasteiger partial charge in [0.15, 0.2) is 0 Å². The van der Waals surface area contributed by atoms with Gasteiger partial charge >= 0.3 is 0 Å². The van der Waals surface area contributed by atoms with Gasteiger partial charge in [-0.25, -0.2) is 0 Å². The molecule has 0 aromatic carbocycles. The molecule has 3 nitrogen and oxygen atoms in total. The van der Waals surface area contributed by atoms with Gasteiger partial charge in [-0.1, -0.05) is 13.3 Å². The first-order valence-corrected chi connectivity index (χ1v) is 7.70. The Hall–Kier alpha value is -0.280. The van der Waals surface area contributed by atoms with Crippen LogP contribution >= 0.6 is 12.4 Å². The standard InChI is InChI=1S/C15H28N2O.ClH/c1-3-12-4-6-13(7-5-12)15(18)17-10-8-14(16-2)9-11-17;/h12-14,16H,3-11H2,1-2H3;1H. The molecule has 0 aromatic rings. The first-order valence-electron chi connectivity index (χ1n) is 7.70. The molecule has 1 saturated heterocycles. The second kappa shape index (κ2) is 8.11. The van der Waals surface area contributed by atoms with Crippen molar-refractivity contribution in [3.05, 3.63) is 0 Å². The van der Waals surface area contributed by atoms with E-state index in [0.717, 1.165) is 44.7 Å². The lowest BCUT2D eigenvalue weighted by molar-refractivity contribution is -0.138. The topological polar surface area (TPSA) is 32.3 Å². The number of carbonyl (C=O) groups is 1. The summed E-state index contributed by atoms with van der Waals surface area (Å²) in [5, 5.41) is 3.32. The summed E-state index contributed by atoms with van der Waals surface area (Å²) >= 11 is 0. The Morgan fingerprint density at radius 1 is 1.11 bits per heavy atom. The maximum Gasteiger partial charge on any atom is 0.225 e. The first-order chi connectivity index (χ1) is 8.74. The molecular formula is C15H29ClN2O. The molecule has 0 aromatic heterocycles. The normalized spacial score (nSPS) is 28.8. The fourth-order valence-electron chi connectivity index (χ4n) is 3.46. The number of likely N-dealkylation sites (tertiary alicyclic amines) is 1. The third-order valence-electron chi connectivity index (χ3n) is 4.99. The van der Waals surface area contributed by atoms with Gasteiger partial charge in [0.1, 0.15) is 0 Å². The maximum atomic E-state index is 12.4. The van der Waals surface area contributed by atoms with Crippen molar-refractivity contribution in [3.63, 3.8) is 0 Å². The Morgan fingerprint density at radius 2 is 1.68 bits per heavy atom. The highest BCUT2D eigenvalue weighted by molar-refractivity contribution is 5.85. The van der Waals surface area contributed by atoms with Crippen molar-refractivity contribution in [1.29, 1.82) is 0 Å². The lowest BCUT2D eigenvalue weighted by Gasteiger charge is -2.36. The van der Waals surface area contributed by atoms with E-state index in [0.29, 0.717) is 17.9 Å². The van der Waals surface area contributed by atoms with Gasteiger partial charge in [-0.2, -0.15) is 0 Å². The molecule has 0 radical (unpaired) electrons. The highest BCUT2D eigenvalue weighted by Gasteiger charge is 2.30. The van der Waals surface area contributed by atoms with Crippen molar-refractivity contribution < 1.29 is 4.79 Å². The zero-order valence-electron chi connectivity index (χ0n) is 12.4. The summed E-state index contributed by atoms with van der Waals surface area (Å²) in [6.45, 7) is 4.19. The highest BCUT2D eigenvalue weighted by Crippen LogP contribution is 2.32. The summed E-state index contributed by atoms with van der Waals surface area (Å²) in [5.74, 6) is 1.65. The summed E-state index contributed by atoms with van der Waals surface area (Å²) < 4.78 is 0. The van der Waals surface area contributed by atoms with Crippen molar-refractivity contribution in [2.45, 2.75) is 57.9 Å². The molecule has 112 valence electrons. The molecule has 2 fully saturated rings. The molecule has 1 amide bonds. The van der Waals surface area contributed by atoms with Gasteiger partial charge in [0, 0.05) is 25.0 Å². The average Bonchev–Trinajstić information content (AvgIpc) is 2.47. The number of hydrogen-bond donors (Lipinski definition) is 1. The van der Waals surface area contributed by atoms with E-state index in [4.69, 9.17) is 0 Å². The molecular weight excluding hydrogens is 260 g/mol. The van der Waals surface area contributed by atoms with Crippen LogP contribution in [0.2, 0.25) is 0 Å². The van der Waals surface area contributed by atoms with E-state index in [-0.39, 0.29) is 12.4 Å². The molecule has 1 aliphatic carbocycles. The molecule has 4 heteroatoms. The molecule has 1 heterocycles. The zero-order chi connectivity index (χ0) is 13.0. The Bertz CT molecular complexity index is 243. The van der Waals surface area contributed by atoms with E-state index in [1.54, 1.807) is 0 Å². The lowest BCUT2D eigenvalue weighted by Crippen LogP contribution is -2.46. The first kappa shape index (κ1) is 16.8. The number of rotatable bonds is 3. The molecule has 0 atom stereocenters. The molecule has 2 aliphatic rings. The molecule has 19 heavy (non-hydrogen) atoms. The number of nitrogens with one attached hydrogen (secondary N) is 1. The molecule has 1 saturated carbocycles. The number of nitrogens with zero attached hydrogens (tertiary/aromatic N) is 1. The number of hydrogen-bond acceptors (Lipinski definition) is 2. The van der Waals surface area contributed by atoms with E-state index in [2.05, 4.69) is 17.1 Å². The number of piperidine rings is 1. The van der Waals surface area contributed by atoms with Gasteiger partial charge in [-0.3, -0.25) is 4.79 Å². The quantitative estimate of drug-likeness (QED) is 0.866. The lowest BCUT2D eigenvalue weighted by atomic mass is 9.80. The zero-order valence-corrected chi connectivity index (χ0v) is 13.2. The molecule has 2 rings (SSSR count). The summed E-state index contributed by atoms with van der Waals surface area (Å²) in [6.07, 6.45) is 8.31. The Kier molecular flexibility index (Phi) is 7.16. The Morgan fingerprint density at radius 3 is 2.16 bits per heavy atom.